The molecule has 0 atom stereocenters. The summed E-state index contributed by atoms with van der Waals surface area (Å²) < 4.78 is 1.85. The normalized spacial score (nSPS) is 11.2. The number of amides is 1. The van der Waals surface area contributed by atoms with Crippen LogP contribution in [0.25, 0.3) is 11.3 Å². The summed E-state index contributed by atoms with van der Waals surface area (Å²) in [5, 5.41) is 7.80. The summed E-state index contributed by atoms with van der Waals surface area (Å²) in [6.07, 6.45) is 1.85. The van der Waals surface area contributed by atoms with E-state index in [1.165, 1.54) is 0 Å². The van der Waals surface area contributed by atoms with Crippen molar-refractivity contribution < 1.29 is 4.79 Å². The van der Waals surface area contributed by atoms with E-state index in [2.05, 4.69) is 43.1 Å². The van der Waals surface area contributed by atoms with E-state index in [9.17, 15) is 4.79 Å². The van der Waals surface area contributed by atoms with Gasteiger partial charge in [-0.05, 0) is 26.0 Å². The van der Waals surface area contributed by atoms with Gasteiger partial charge in [0.1, 0.15) is 5.69 Å². The molecule has 0 aliphatic heterocycles. The molecule has 5 heteroatoms. The molecule has 0 aliphatic carbocycles. The minimum absolute atomic E-state index is 0.0806. The van der Waals surface area contributed by atoms with E-state index in [1.807, 2.05) is 59.4 Å². The van der Waals surface area contributed by atoms with Crippen molar-refractivity contribution >= 4 is 5.91 Å². The number of hydrogen-bond acceptors (Lipinski definition) is 3. The van der Waals surface area contributed by atoms with Crippen LogP contribution in [0.1, 0.15) is 36.7 Å². The first-order chi connectivity index (χ1) is 14.1. The van der Waals surface area contributed by atoms with Crippen LogP contribution in [0.5, 0.6) is 0 Å². The number of carbonyl (C=O) groups is 1. The van der Waals surface area contributed by atoms with Gasteiger partial charge in [0, 0.05) is 30.9 Å². The lowest BCUT2D eigenvalue weighted by Crippen LogP contribution is -2.38. The van der Waals surface area contributed by atoms with Gasteiger partial charge in [0.05, 0.1) is 12.1 Å². The molecule has 1 amide bonds. The Hall–Kier alpha value is -2.92. The molecule has 0 saturated carbocycles. The molecular formula is C24H30N4O. The fourth-order valence-electron chi connectivity index (χ4n) is 3.44. The van der Waals surface area contributed by atoms with Crippen LogP contribution in [0.15, 0.2) is 66.9 Å². The van der Waals surface area contributed by atoms with Crippen molar-refractivity contribution in [2.45, 2.75) is 33.4 Å². The van der Waals surface area contributed by atoms with Crippen LogP contribution in [-0.2, 0) is 6.54 Å². The van der Waals surface area contributed by atoms with Crippen LogP contribution in [-0.4, -0.2) is 46.3 Å². The molecule has 152 valence electrons. The highest BCUT2D eigenvalue weighted by molar-refractivity contribution is 5.99. The summed E-state index contributed by atoms with van der Waals surface area (Å²) in [6.45, 7) is 9.53. The van der Waals surface area contributed by atoms with Crippen LogP contribution in [0.3, 0.4) is 0 Å². The highest BCUT2D eigenvalue weighted by atomic mass is 16.1. The Morgan fingerprint density at radius 1 is 1.07 bits per heavy atom. The maximum Gasteiger partial charge on any atom is 0.255 e. The van der Waals surface area contributed by atoms with E-state index in [0.29, 0.717) is 24.7 Å². The smallest absolute Gasteiger partial charge is 0.255 e. The van der Waals surface area contributed by atoms with E-state index >= 15 is 0 Å². The topological polar surface area (TPSA) is 50.2 Å². The third-order valence-electron chi connectivity index (χ3n) is 5.06. The quantitative estimate of drug-likeness (QED) is 0.599. The first kappa shape index (κ1) is 20.8. The van der Waals surface area contributed by atoms with Gasteiger partial charge < -0.3 is 5.32 Å². The predicted molar refractivity (Wildman–Crippen MR) is 118 cm³/mol. The molecule has 0 bridgehead atoms. The highest BCUT2D eigenvalue weighted by Gasteiger charge is 2.18. The molecule has 0 saturated heterocycles. The second kappa shape index (κ2) is 10.0. The first-order valence-corrected chi connectivity index (χ1v) is 10.3. The zero-order valence-electron chi connectivity index (χ0n) is 17.5. The molecule has 0 radical (unpaired) electrons. The number of benzene rings is 2. The van der Waals surface area contributed by atoms with Crippen LogP contribution in [0.2, 0.25) is 0 Å². The van der Waals surface area contributed by atoms with Gasteiger partial charge in [-0.1, -0.05) is 67.6 Å². The minimum Gasteiger partial charge on any atom is -0.351 e. The van der Waals surface area contributed by atoms with Gasteiger partial charge in [0.2, 0.25) is 0 Å². The van der Waals surface area contributed by atoms with Crippen LogP contribution in [0, 0.1) is 0 Å². The van der Waals surface area contributed by atoms with Crippen molar-refractivity contribution in [3.63, 3.8) is 0 Å². The van der Waals surface area contributed by atoms with E-state index in [-0.39, 0.29) is 5.91 Å². The monoisotopic (exact) mass is 390 g/mol. The molecule has 0 unspecified atom stereocenters. The molecule has 2 aromatic carbocycles. The Bertz CT molecular complexity index is 903. The fraction of sp³-hybridized carbons (Fsp3) is 0.333. The number of rotatable bonds is 9. The number of nitrogens with one attached hydrogen (secondary N) is 1. The summed E-state index contributed by atoms with van der Waals surface area (Å²) >= 11 is 0. The molecule has 0 aliphatic rings. The SMILES string of the molecule is CCN(CCNC(=O)c1cn(Cc2ccccc2)nc1-c1ccccc1)C(C)C. The standard InChI is InChI=1S/C24H30N4O/c1-4-27(19(2)3)16-15-25-24(29)22-18-28(17-20-11-7-5-8-12-20)26-23(22)21-13-9-6-10-14-21/h5-14,18-19H,4,15-17H2,1-3H3,(H,25,29). The Labute approximate surface area is 173 Å². The van der Waals surface area contributed by atoms with Gasteiger partial charge in [-0.3, -0.25) is 14.4 Å². The lowest BCUT2D eigenvalue weighted by molar-refractivity contribution is 0.0946. The lowest BCUT2D eigenvalue weighted by atomic mass is 10.1. The van der Waals surface area contributed by atoms with Gasteiger partial charge >= 0.3 is 0 Å². The lowest BCUT2D eigenvalue weighted by Gasteiger charge is -2.24. The Balaban J connectivity index is 1.79. The molecular weight excluding hydrogens is 360 g/mol. The minimum atomic E-state index is -0.0806. The zero-order valence-corrected chi connectivity index (χ0v) is 17.5. The van der Waals surface area contributed by atoms with Crippen molar-refractivity contribution in [1.29, 1.82) is 0 Å². The molecule has 1 aromatic heterocycles. The third-order valence-corrected chi connectivity index (χ3v) is 5.06. The summed E-state index contributed by atoms with van der Waals surface area (Å²) in [5.74, 6) is -0.0806. The number of aromatic nitrogens is 2. The van der Waals surface area contributed by atoms with Crippen LogP contribution < -0.4 is 5.32 Å². The highest BCUT2D eigenvalue weighted by Crippen LogP contribution is 2.22. The summed E-state index contributed by atoms with van der Waals surface area (Å²) in [6, 6.07) is 20.5. The third kappa shape index (κ3) is 5.55. The predicted octanol–water partition coefficient (Wildman–Crippen LogP) is 4.06. The average molecular weight is 391 g/mol. The number of likely N-dealkylation sites (N-methyl/N-ethyl adjacent to an activating group) is 1. The van der Waals surface area contributed by atoms with Crippen molar-refractivity contribution in [2.75, 3.05) is 19.6 Å². The zero-order chi connectivity index (χ0) is 20.6. The molecule has 3 aromatic rings. The second-order valence-corrected chi connectivity index (χ2v) is 7.42. The molecule has 29 heavy (non-hydrogen) atoms. The summed E-state index contributed by atoms with van der Waals surface area (Å²) in [5.41, 5.74) is 3.42. The van der Waals surface area contributed by atoms with Crippen molar-refractivity contribution in [3.05, 3.63) is 78.0 Å². The van der Waals surface area contributed by atoms with Crippen LogP contribution in [0.4, 0.5) is 0 Å². The van der Waals surface area contributed by atoms with Gasteiger partial charge in [0.15, 0.2) is 0 Å². The molecule has 3 rings (SSSR count). The van der Waals surface area contributed by atoms with Gasteiger partial charge in [0.25, 0.3) is 5.91 Å². The average Bonchev–Trinajstić information content (AvgIpc) is 3.16. The van der Waals surface area contributed by atoms with Gasteiger partial charge in [-0.15, -0.1) is 0 Å². The fourth-order valence-corrected chi connectivity index (χ4v) is 3.44. The second-order valence-electron chi connectivity index (χ2n) is 7.42. The molecule has 0 spiro atoms. The number of nitrogens with zero attached hydrogens (tertiary/aromatic N) is 3. The van der Waals surface area contributed by atoms with E-state index in [0.717, 1.165) is 29.9 Å². The van der Waals surface area contributed by atoms with Gasteiger partial charge in [-0.2, -0.15) is 5.10 Å². The maximum atomic E-state index is 13.0. The van der Waals surface area contributed by atoms with Gasteiger partial charge in [-0.25, -0.2) is 0 Å². The molecule has 0 fully saturated rings. The largest absolute Gasteiger partial charge is 0.351 e. The first-order valence-electron chi connectivity index (χ1n) is 10.3. The van der Waals surface area contributed by atoms with Crippen LogP contribution >= 0.6 is 0 Å². The number of hydrogen-bond donors (Lipinski definition) is 1. The van der Waals surface area contributed by atoms with Crippen molar-refractivity contribution in [3.8, 4) is 11.3 Å². The summed E-state index contributed by atoms with van der Waals surface area (Å²) in [4.78, 5) is 15.3. The molecule has 5 nitrogen and oxygen atoms in total. The summed E-state index contributed by atoms with van der Waals surface area (Å²) in [7, 11) is 0. The Morgan fingerprint density at radius 3 is 2.34 bits per heavy atom. The Morgan fingerprint density at radius 2 is 1.72 bits per heavy atom. The van der Waals surface area contributed by atoms with E-state index < -0.39 is 0 Å². The molecule has 1 heterocycles. The van der Waals surface area contributed by atoms with Crippen molar-refractivity contribution in [2.24, 2.45) is 0 Å². The van der Waals surface area contributed by atoms with Crippen molar-refractivity contribution in [1.82, 2.24) is 20.0 Å². The maximum absolute atomic E-state index is 13.0. The number of carbonyl (C=O) groups excluding carboxylic acids is 1. The Kier molecular flexibility index (Phi) is 7.19. The van der Waals surface area contributed by atoms with E-state index in [4.69, 9.17) is 5.10 Å². The van der Waals surface area contributed by atoms with E-state index in [1.54, 1.807) is 0 Å². The molecule has 1 N–H and O–H groups in total.